The minimum Gasteiger partial charge on any atom is -0.390 e. The molecule has 4 aliphatic carbocycles. The second kappa shape index (κ2) is 8.09. The highest BCUT2D eigenvalue weighted by molar-refractivity contribution is 5.95. The molecule has 0 aromatic rings. The Morgan fingerprint density at radius 3 is 2.32 bits per heavy atom. The average molecular weight is 481 g/mol. The number of aliphatic hydroxyl groups is 6. The van der Waals surface area contributed by atoms with E-state index < -0.39 is 45.9 Å². The van der Waals surface area contributed by atoms with Crippen LogP contribution in [0, 0.1) is 28.6 Å². The third-order valence-corrected chi connectivity index (χ3v) is 10.5. The van der Waals surface area contributed by atoms with Crippen LogP contribution in [0.1, 0.15) is 86.0 Å². The van der Waals surface area contributed by atoms with Gasteiger partial charge in [0.1, 0.15) is 0 Å². The molecule has 3 saturated carbocycles. The molecule has 0 aromatic heterocycles. The number of hydrogen-bond acceptors (Lipinski definition) is 7. The van der Waals surface area contributed by atoms with Crippen molar-refractivity contribution in [2.24, 2.45) is 28.6 Å². The quantitative estimate of drug-likeness (QED) is 0.353. The maximum atomic E-state index is 13.2. The zero-order valence-corrected chi connectivity index (χ0v) is 21.3. The summed E-state index contributed by atoms with van der Waals surface area (Å²) in [6.07, 6.45) is 2.11. The topological polar surface area (TPSA) is 138 Å². The lowest BCUT2D eigenvalue weighted by Gasteiger charge is -2.60. The Morgan fingerprint density at radius 1 is 1.06 bits per heavy atom. The van der Waals surface area contributed by atoms with Crippen LogP contribution in [0.15, 0.2) is 11.6 Å². The molecule has 10 atom stereocenters. The molecular weight excluding hydrogens is 436 g/mol. The lowest BCUT2D eigenvalue weighted by atomic mass is 9.45. The van der Waals surface area contributed by atoms with Gasteiger partial charge in [0.15, 0.2) is 5.78 Å². The van der Waals surface area contributed by atoms with Crippen molar-refractivity contribution in [1.29, 1.82) is 0 Å². The molecule has 194 valence electrons. The summed E-state index contributed by atoms with van der Waals surface area (Å²) in [6.45, 7) is 8.96. The number of allylic oxidation sites excluding steroid dienone is 1. The third-order valence-electron chi connectivity index (χ3n) is 10.5. The summed E-state index contributed by atoms with van der Waals surface area (Å²) < 4.78 is 0. The summed E-state index contributed by atoms with van der Waals surface area (Å²) in [4.78, 5) is 13.2. The Labute approximate surface area is 202 Å². The zero-order valence-electron chi connectivity index (χ0n) is 21.3. The van der Waals surface area contributed by atoms with Crippen molar-refractivity contribution < 1.29 is 35.4 Å². The van der Waals surface area contributed by atoms with Gasteiger partial charge in [0.2, 0.25) is 0 Å². The molecule has 4 aliphatic rings. The lowest BCUT2D eigenvalue weighted by molar-refractivity contribution is -0.177. The van der Waals surface area contributed by atoms with Gasteiger partial charge in [-0.05, 0) is 101 Å². The molecule has 0 radical (unpaired) electrons. The summed E-state index contributed by atoms with van der Waals surface area (Å²) in [5.74, 6) is -0.948. The van der Waals surface area contributed by atoms with Crippen molar-refractivity contribution in [2.75, 3.05) is 0 Å². The van der Waals surface area contributed by atoms with Crippen molar-refractivity contribution in [2.45, 2.75) is 121 Å². The third kappa shape index (κ3) is 3.73. The van der Waals surface area contributed by atoms with E-state index in [4.69, 9.17) is 0 Å². The molecule has 6 N–H and O–H groups in total. The standard InChI is InChI=1S/C27H44O7/c1-23(2,32)9-8-22(31)26(5,33)21-7-11-27(34)16-12-18(28)17-13-19(29)20(30)14-24(17,3)15(16)6-10-25(21,27)4/h12,15,17,19-22,29-34H,6-11,13-14H2,1-5H3/t15-,17?,19?,20?,21-,22?,24+,25+,26+,27+/m0/s1. The van der Waals surface area contributed by atoms with Crippen LogP contribution in [0.5, 0.6) is 0 Å². The van der Waals surface area contributed by atoms with Crippen LogP contribution in [-0.2, 0) is 4.79 Å². The van der Waals surface area contributed by atoms with E-state index in [2.05, 4.69) is 0 Å². The minimum absolute atomic E-state index is 0.0840. The van der Waals surface area contributed by atoms with E-state index in [0.717, 1.165) is 0 Å². The first-order valence-corrected chi connectivity index (χ1v) is 12.9. The van der Waals surface area contributed by atoms with Crippen LogP contribution >= 0.6 is 0 Å². The van der Waals surface area contributed by atoms with Gasteiger partial charge in [-0.25, -0.2) is 0 Å². The van der Waals surface area contributed by atoms with Gasteiger partial charge in [0.05, 0.1) is 35.1 Å². The van der Waals surface area contributed by atoms with Crippen LogP contribution in [0.3, 0.4) is 0 Å². The van der Waals surface area contributed by atoms with Gasteiger partial charge in [-0.3, -0.25) is 4.79 Å². The largest absolute Gasteiger partial charge is 0.390 e. The molecule has 0 amide bonds. The van der Waals surface area contributed by atoms with Gasteiger partial charge in [-0.15, -0.1) is 0 Å². The van der Waals surface area contributed by atoms with Crippen molar-refractivity contribution in [3.8, 4) is 0 Å². The Hall–Kier alpha value is -0.830. The first-order chi connectivity index (χ1) is 15.5. The number of fused-ring (bicyclic) bond motifs is 5. The van der Waals surface area contributed by atoms with Gasteiger partial charge in [0, 0.05) is 11.3 Å². The van der Waals surface area contributed by atoms with Crippen molar-refractivity contribution >= 4 is 5.78 Å². The fraction of sp³-hybridized carbons (Fsp3) is 0.889. The number of rotatable bonds is 5. The number of carbonyl (C=O) groups excluding carboxylic acids is 1. The van der Waals surface area contributed by atoms with Gasteiger partial charge in [0.25, 0.3) is 0 Å². The first kappa shape index (κ1) is 26.2. The van der Waals surface area contributed by atoms with Gasteiger partial charge in [-0.1, -0.05) is 13.8 Å². The summed E-state index contributed by atoms with van der Waals surface area (Å²) in [5.41, 5.74) is -4.27. The summed E-state index contributed by atoms with van der Waals surface area (Å²) >= 11 is 0. The monoisotopic (exact) mass is 480 g/mol. The number of aliphatic hydroxyl groups excluding tert-OH is 3. The van der Waals surface area contributed by atoms with E-state index in [-0.39, 0.29) is 36.4 Å². The van der Waals surface area contributed by atoms with E-state index in [1.165, 1.54) is 0 Å². The first-order valence-electron chi connectivity index (χ1n) is 12.9. The van der Waals surface area contributed by atoms with Crippen molar-refractivity contribution in [1.82, 2.24) is 0 Å². The molecule has 0 saturated heterocycles. The van der Waals surface area contributed by atoms with E-state index in [0.29, 0.717) is 44.1 Å². The fourth-order valence-corrected chi connectivity index (χ4v) is 8.32. The lowest BCUT2D eigenvalue weighted by Crippen LogP contribution is -2.62. The van der Waals surface area contributed by atoms with E-state index in [1.54, 1.807) is 26.8 Å². The maximum absolute atomic E-state index is 13.2. The maximum Gasteiger partial charge on any atom is 0.159 e. The fourth-order valence-electron chi connectivity index (χ4n) is 8.32. The summed E-state index contributed by atoms with van der Waals surface area (Å²) in [6, 6.07) is 0. The minimum atomic E-state index is -1.46. The van der Waals surface area contributed by atoms with Gasteiger partial charge < -0.3 is 30.6 Å². The number of ketones is 1. The molecule has 7 nitrogen and oxygen atoms in total. The molecule has 4 rings (SSSR count). The van der Waals surface area contributed by atoms with Crippen molar-refractivity contribution in [3.63, 3.8) is 0 Å². The molecule has 0 aromatic carbocycles. The number of carbonyl (C=O) groups is 1. The SMILES string of the molecule is CC(C)(O)CCC(O)[C@](C)(O)[C@H]1CC[C@@]2(O)C3=CC(=O)C4CC(O)C(O)C[C@]4(C)[C@H]3CC[C@]12C. The molecular formula is C27H44O7. The summed E-state index contributed by atoms with van der Waals surface area (Å²) in [5, 5.41) is 65.5. The highest BCUT2D eigenvalue weighted by atomic mass is 16.3. The Morgan fingerprint density at radius 2 is 1.71 bits per heavy atom. The highest BCUT2D eigenvalue weighted by Gasteiger charge is 2.69. The Balaban J connectivity index is 1.66. The smallest absolute Gasteiger partial charge is 0.159 e. The Kier molecular flexibility index (Phi) is 6.24. The molecule has 34 heavy (non-hydrogen) atoms. The van der Waals surface area contributed by atoms with E-state index in [1.807, 2.05) is 13.8 Å². The van der Waals surface area contributed by atoms with Crippen LogP contribution in [0.2, 0.25) is 0 Å². The predicted octanol–water partition coefficient (Wildman–Crippen LogP) is 1.85. The zero-order chi connectivity index (χ0) is 25.5. The van der Waals surface area contributed by atoms with Gasteiger partial charge in [-0.2, -0.15) is 0 Å². The van der Waals surface area contributed by atoms with Crippen LogP contribution in [-0.4, -0.2) is 71.5 Å². The van der Waals surface area contributed by atoms with Gasteiger partial charge >= 0.3 is 0 Å². The van der Waals surface area contributed by atoms with Crippen LogP contribution in [0.25, 0.3) is 0 Å². The molecule has 3 fully saturated rings. The molecule has 0 bridgehead atoms. The molecule has 7 heteroatoms. The number of hydrogen-bond donors (Lipinski definition) is 6. The second-order valence-electron chi connectivity index (χ2n) is 13.2. The van der Waals surface area contributed by atoms with Crippen LogP contribution < -0.4 is 0 Å². The molecule has 4 unspecified atom stereocenters. The predicted molar refractivity (Wildman–Crippen MR) is 127 cm³/mol. The van der Waals surface area contributed by atoms with Crippen LogP contribution in [0.4, 0.5) is 0 Å². The van der Waals surface area contributed by atoms with E-state index in [9.17, 15) is 35.4 Å². The highest BCUT2D eigenvalue weighted by Crippen LogP contribution is 2.68. The summed E-state index contributed by atoms with van der Waals surface area (Å²) in [7, 11) is 0. The van der Waals surface area contributed by atoms with Crippen molar-refractivity contribution in [3.05, 3.63) is 11.6 Å². The molecule has 0 heterocycles. The average Bonchev–Trinajstić information content (AvgIpc) is 3.00. The normalized spacial score (nSPS) is 47.2. The Bertz CT molecular complexity index is 860. The second-order valence-corrected chi connectivity index (χ2v) is 13.2. The van der Waals surface area contributed by atoms with E-state index >= 15 is 0 Å². The molecule has 0 aliphatic heterocycles. The molecule has 0 spiro atoms.